The average molecular weight is 302 g/mol. The Morgan fingerprint density at radius 3 is 2.86 bits per heavy atom. The zero-order valence-corrected chi connectivity index (χ0v) is 12.5. The quantitative estimate of drug-likeness (QED) is 0.716. The van der Waals surface area contributed by atoms with Crippen LogP contribution in [0.3, 0.4) is 0 Å². The number of methoxy groups -OCH3 is 1. The van der Waals surface area contributed by atoms with E-state index in [2.05, 4.69) is 10.1 Å². The topological polar surface area (TPSA) is 57.4 Å². The van der Waals surface area contributed by atoms with Gasteiger partial charge < -0.3 is 14.0 Å². The van der Waals surface area contributed by atoms with Crippen molar-refractivity contribution in [2.75, 3.05) is 13.7 Å². The number of thiophene rings is 1. The van der Waals surface area contributed by atoms with Crippen LogP contribution in [-0.2, 0) is 0 Å². The molecule has 1 aromatic carbocycles. The van der Waals surface area contributed by atoms with Crippen molar-refractivity contribution in [2.45, 2.75) is 6.92 Å². The number of benzene rings is 1. The maximum atomic E-state index is 5.50. The van der Waals surface area contributed by atoms with Gasteiger partial charge in [0.15, 0.2) is 11.5 Å². The maximum absolute atomic E-state index is 5.50. The molecule has 0 aliphatic carbocycles. The molecule has 0 N–H and O–H groups in total. The fourth-order valence-corrected chi connectivity index (χ4v) is 2.57. The van der Waals surface area contributed by atoms with E-state index < -0.39 is 0 Å². The molecule has 5 nitrogen and oxygen atoms in total. The molecule has 0 saturated heterocycles. The fourth-order valence-electron chi connectivity index (χ4n) is 1.92. The minimum atomic E-state index is 0.521. The summed E-state index contributed by atoms with van der Waals surface area (Å²) in [7, 11) is 1.61. The highest BCUT2D eigenvalue weighted by molar-refractivity contribution is 7.13. The molecular formula is C15H14N2O3S. The van der Waals surface area contributed by atoms with Gasteiger partial charge in [-0.3, -0.25) is 0 Å². The summed E-state index contributed by atoms with van der Waals surface area (Å²) < 4.78 is 16.1. The third-order valence-electron chi connectivity index (χ3n) is 2.88. The Morgan fingerprint density at radius 2 is 2.14 bits per heavy atom. The molecule has 0 saturated carbocycles. The van der Waals surface area contributed by atoms with E-state index in [-0.39, 0.29) is 0 Å². The number of rotatable bonds is 5. The number of aromatic nitrogens is 2. The van der Waals surface area contributed by atoms with Crippen LogP contribution >= 0.6 is 11.3 Å². The third-order valence-corrected chi connectivity index (χ3v) is 3.74. The molecule has 2 heterocycles. The summed E-state index contributed by atoms with van der Waals surface area (Å²) in [5.74, 6) is 2.40. The highest BCUT2D eigenvalue weighted by Crippen LogP contribution is 2.32. The van der Waals surface area contributed by atoms with Crippen LogP contribution in [0, 0.1) is 0 Å². The molecule has 0 radical (unpaired) electrons. The Labute approximate surface area is 126 Å². The average Bonchev–Trinajstić information content (AvgIpc) is 3.19. The first-order chi connectivity index (χ1) is 10.3. The monoisotopic (exact) mass is 302 g/mol. The zero-order valence-electron chi connectivity index (χ0n) is 11.7. The minimum Gasteiger partial charge on any atom is -0.493 e. The van der Waals surface area contributed by atoms with Gasteiger partial charge in [0.2, 0.25) is 5.82 Å². The Hall–Kier alpha value is -2.34. The van der Waals surface area contributed by atoms with Crippen LogP contribution in [0.5, 0.6) is 11.5 Å². The Bertz CT molecular complexity index is 722. The second-order valence-corrected chi connectivity index (χ2v) is 5.15. The largest absolute Gasteiger partial charge is 0.493 e. The number of hydrogen-bond acceptors (Lipinski definition) is 6. The number of hydrogen-bond donors (Lipinski definition) is 0. The van der Waals surface area contributed by atoms with Crippen LogP contribution in [0.4, 0.5) is 0 Å². The Morgan fingerprint density at radius 1 is 1.24 bits per heavy atom. The van der Waals surface area contributed by atoms with Gasteiger partial charge in [-0.25, -0.2) is 0 Å². The predicted octanol–water partition coefficient (Wildman–Crippen LogP) is 3.87. The highest BCUT2D eigenvalue weighted by Gasteiger charge is 2.13. The van der Waals surface area contributed by atoms with Crippen LogP contribution < -0.4 is 9.47 Å². The molecular weight excluding hydrogens is 288 g/mol. The van der Waals surface area contributed by atoms with Crippen LogP contribution in [0.2, 0.25) is 0 Å². The summed E-state index contributed by atoms with van der Waals surface area (Å²) >= 11 is 1.56. The van der Waals surface area contributed by atoms with Crippen molar-refractivity contribution < 1.29 is 14.0 Å². The molecule has 0 fully saturated rings. The molecule has 3 rings (SSSR count). The van der Waals surface area contributed by atoms with E-state index >= 15 is 0 Å². The molecule has 0 atom stereocenters. The van der Waals surface area contributed by atoms with Gasteiger partial charge in [0.1, 0.15) is 0 Å². The van der Waals surface area contributed by atoms with Gasteiger partial charge in [0.25, 0.3) is 5.89 Å². The summed E-state index contributed by atoms with van der Waals surface area (Å²) in [5, 5.41) is 5.99. The van der Waals surface area contributed by atoms with Crippen LogP contribution in [0.1, 0.15) is 6.92 Å². The van der Waals surface area contributed by atoms with Crippen LogP contribution in [0.25, 0.3) is 22.2 Å². The van der Waals surface area contributed by atoms with E-state index in [0.29, 0.717) is 29.8 Å². The van der Waals surface area contributed by atoms with Crippen LogP contribution in [-0.4, -0.2) is 23.9 Å². The van der Waals surface area contributed by atoms with E-state index in [0.717, 1.165) is 10.4 Å². The van der Waals surface area contributed by atoms with Gasteiger partial charge in [-0.05, 0) is 36.6 Å². The van der Waals surface area contributed by atoms with Crippen molar-refractivity contribution in [3.63, 3.8) is 0 Å². The molecule has 0 bridgehead atoms. The number of ether oxygens (including phenoxy) is 2. The second kappa shape index (κ2) is 5.97. The Balaban J connectivity index is 1.93. The molecule has 21 heavy (non-hydrogen) atoms. The molecule has 0 spiro atoms. The standard InChI is InChI=1S/C15H14N2O3S/c1-3-19-11-7-6-10(9-12(11)18-2)14-16-15(20-17-14)13-5-4-8-21-13/h4-9H,3H2,1-2H3. The lowest BCUT2D eigenvalue weighted by atomic mass is 10.2. The van der Waals surface area contributed by atoms with E-state index in [1.165, 1.54) is 0 Å². The van der Waals surface area contributed by atoms with Gasteiger partial charge in [-0.1, -0.05) is 11.2 Å². The van der Waals surface area contributed by atoms with Crippen molar-refractivity contribution in [1.29, 1.82) is 0 Å². The van der Waals surface area contributed by atoms with Crippen molar-refractivity contribution in [2.24, 2.45) is 0 Å². The molecule has 3 aromatic rings. The number of nitrogens with zero attached hydrogens (tertiary/aromatic N) is 2. The van der Waals surface area contributed by atoms with E-state index in [9.17, 15) is 0 Å². The second-order valence-electron chi connectivity index (χ2n) is 4.20. The van der Waals surface area contributed by atoms with Gasteiger partial charge >= 0.3 is 0 Å². The maximum Gasteiger partial charge on any atom is 0.268 e. The molecule has 6 heteroatoms. The van der Waals surface area contributed by atoms with Crippen molar-refractivity contribution in [3.05, 3.63) is 35.7 Å². The van der Waals surface area contributed by atoms with Gasteiger partial charge in [-0.15, -0.1) is 11.3 Å². The lowest BCUT2D eigenvalue weighted by Crippen LogP contribution is -1.95. The first-order valence-corrected chi connectivity index (χ1v) is 7.38. The summed E-state index contributed by atoms with van der Waals surface area (Å²) in [4.78, 5) is 5.36. The first kappa shape index (κ1) is 13.6. The van der Waals surface area contributed by atoms with E-state index in [4.69, 9.17) is 14.0 Å². The first-order valence-electron chi connectivity index (χ1n) is 6.50. The predicted molar refractivity (Wildman–Crippen MR) is 80.8 cm³/mol. The smallest absolute Gasteiger partial charge is 0.268 e. The fraction of sp³-hybridized carbons (Fsp3) is 0.200. The summed E-state index contributed by atoms with van der Waals surface area (Å²) in [6.07, 6.45) is 0. The summed E-state index contributed by atoms with van der Waals surface area (Å²) in [6, 6.07) is 9.47. The van der Waals surface area contributed by atoms with Gasteiger partial charge in [-0.2, -0.15) is 4.98 Å². The lowest BCUT2D eigenvalue weighted by molar-refractivity contribution is 0.311. The van der Waals surface area contributed by atoms with Crippen LogP contribution in [0.15, 0.2) is 40.2 Å². The SMILES string of the molecule is CCOc1ccc(-c2noc(-c3cccs3)n2)cc1OC. The lowest BCUT2D eigenvalue weighted by Gasteiger charge is -2.09. The van der Waals surface area contributed by atoms with Gasteiger partial charge in [0, 0.05) is 5.56 Å². The van der Waals surface area contributed by atoms with Crippen molar-refractivity contribution >= 4 is 11.3 Å². The molecule has 0 unspecified atom stereocenters. The Kier molecular flexibility index (Phi) is 3.87. The summed E-state index contributed by atoms with van der Waals surface area (Å²) in [6.45, 7) is 2.51. The third kappa shape index (κ3) is 2.75. The highest BCUT2D eigenvalue weighted by atomic mass is 32.1. The molecule has 0 amide bonds. The minimum absolute atomic E-state index is 0.521. The molecule has 0 aliphatic heterocycles. The van der Waals surface area contributed by atoms with Gasteiger partial charge in [0.05, 0.1) is 18.6 Å². The molecule has 108 valence electrons. The van der Waals surface area contributed by atoms with E-state index in [1.54, 1.807) is 18.4 Å². The molecule has 0 aliphatic rings. The van der Waals surface area contributed by atoms with Crippen molar-refractivity contribution in [1.82, 2.24) is 10.1 Å². The molecule has 2 aromatic heterocycles. The zero-order chi connectivity index (χ0) is 14.7. The normalized spacial score (nSPS) is 10.6. The van der Waals surface area contributed by atoms with E-state index in [1.807, 2.05) is 42.6 Å². The summed E-state index contributed by atoms with van der Waals surface area (Å²) in [5.41, 5.74) is 0.821. The van der Waals surface area contributed by atoms with Crippen molar-refractivity contribution in [3.8, 4) is 33.7 Å².